The van der Waals surface area contributed by atoms with Crippen molar-refractivity contribution in [3.8, 4) is 0 Å². The lowest BCUT2D eigenvalue weighted by atomic mass is 9.86. The van der Waals surface area contributed by atoms with Crippen LogP contribution in [0.3, 0.4) is 0 Å². The van der Waals surface area contributed by atoms with Crippen LogP contribution in [0, 0.1) is 11.8 Å². The highest BCUT2D eigenvalue weighted by Gasteiger charge is 2.34. The van der Waals surface area contributed by atoms with E-state index in [1.54, 1.807) is 24.3 Å². The van der Waals surface area contributed by atoms with Crippen molar-refractivity contribution >= 4 is 17.5 Å². The Balaban J connectivity index is 1.51. The summed E-state index contributed by atoms with van der Waals surface area (Å²) in [6.45, 7) is 2.02. The summed E-state index contributed by atoms with van der Waals surface area (Å²) >= 11 is 0. The third-order valence-corrected chi connectivity index (χ3v) is 4.59. The fraction of sp³-hybridized carbons (Fsp3) is 0.412. The van der Waals surface area contributed by atoms with E-state index in [1.807, 2.05) is 4.90 Å². The van der Waals surface area contributed by atoms with Gasteiger partial charge < -0.3 is 16.0 Å². The SMILES string of the molecule is NC(=O)c1ccc(NCC(=O)N2CC3CC=CCC3C2)cc1. The summed E-state index contributed by atoms with van der Waals surface area (Å²) in [4.78, 5) is 25.3. The summed E-state index contributed by atoms with van der Waals surface area (Å²) in [6.07, 6.45) is 6.65. The van der Waals surface area contributed by atoms with Crippen LogP contribution in [0.25, 0.3) is 0 Å². The van der Waals surface area contributed by atoms with Crippen LogP contribution >= 0.6 is 0 Å². The minimum absolute atomic E-state index is 0.133. The summed E-state index contributed by atoms with van der Waals surface area (Å²) in [5.74, 6) is 0.942. The van der Waals surface area contributed by atoms with E-state index >= 15 is 0 Å². The van der Waals surface area contributed by atoms with Gasteiger partial charge in [-0.3, -0.25) is 9.59 Å². The van der Waals surface area contributed by atoms with Gasteiger partial charge >= 0.3 is 0 Å². The first-order valence-electron chi connectivity index (χ1n) is 7.70. The molecule has 2 amide bonds. The van der Waals surface area contributed by atoms with Crippen LogP contribution in [0.1, 0.15) is 23.2 Å². The van der Waals surface area contributed by atoms with Crippen LogP contribution in [0.4, 0.5) is 5.69 Å². The second kappa shape index (κ2) is 6.22. The molecule has 0 bridgehead atoms. The highest BCUT2D eigenvalue weighted by Crippen LogP contribution is 2.32. The number of likely N-dealkylation sites (tertiary alicyclic amines) is 1. The normalized spacial score (nSPS) is 23.2. The molecule has 1 aromatic carbocycles. The third kappa shape index (κ3) is 3.13. The van der Waals surface area contributed by atoms with Gasteiger partial charge in [-0.05, 0) is 48.9 Å². The summed E-state index contributed by atoms with van der Waals surface area (Å²) in [5, 5.41) is 3.11. The average Bonchev–Trinajstić information content (AvgIpc) is 2.97. The molecule has 1 saturated heterocycles. The zero-order valence-electron chi connectivity index (χ0n) is 12.5. The zero-order valence-corrected chi connectivity index (χ0v) is 12.5. The number of rotatable bonds is 4. The van der Waals surface area contributed by atoms with Gasteiger partial charge in [-0.25, -0.2) is 0 Å². The van der Waals surface area contributed by atoms with Crippen molar-refractivity contribution in [2.24, 2.45) is 17.6 Å². The molecule has 3 N–H and O–H groups in total. The van der Waals surface area contributed by atoms with Gasteiger partial charge in [0.2, 0.25) is 11.8 Å². The van der Waals surface area contributed by atoms with E-state index in [4.69, 9.17) is 5.73 Å². The zero-order chi connectivity index (χ0) is 15.5. The molecule has 1 fully saturated rings. The van der Waals surface area contributed by atoms with Crippen molar-refractivity contribution < 1.29 is 9.59 Å². The second-order valence-electron chi connectivity index (χ2n) is 6.06. The molecule has 1 heterocycles. The number of benzene rings is 1. The van der Waals surface area contributed by atoms with Gasteiger partial charge in [-0.2, -0.15) is 0 Å². The summed E-state index contributed by atoms with van der Waals surface area (Å²) < 4.78 is 0. The topological polar surface area (TPSA) is 75.4 Å². The molecule has 116 valence electrons. The summed E-state index contributed by atoms with van der Waals surface area (Å²) in [6, 6.07) is 6.85. The Kier molecular flexibility index (Phi) is 4.13. The summed E-state index contributed by atoms with van der Waals surface area (Å²) in [5.41, 5.74) is 6.48. The first-order chi connectivity index (χ1) is 10.6. The molecule has 1 aromatic rings. The number of allylic oxidation sites excluding steroid dienone is 2. The van der Waals surface area contributed by atoms with Crippen molar-refractivity contribution in [1.29, 1.82) is 0 Å². The van der Waals surface area contributed by atoms with Crippen LogP contribution in [0.5, 0.6) is 0 Å². The molecule has 5 heteroatoms. The second-order valence-corrected chi connectivity index (χ2v) is 6.06. The standard InChI is InChI=1S/C17H21N3O2/c18-17(22)12-5-7-15(8-6-12)19-9-16(21)20-10-13-3-1-2-4-14(13)11-20/h1-2,5-8,13-14,19H,3-4,9-11H2,(H2,18,22). The molecular formula is C17H21N3O2. The number of nitrogens with one attached hydrogen (secondary N) is 1. The molecule has 2 unspecified atom stereocenters. The molecule has 1 aliphatic carbocycles. The van der Waals surface area contributed by atoms with Crippen LogP contribution in [0.2, 0.25) is 0 Å². The number of anilines is 1. The number of nitrogens with two attached hydrogens (primary N) is 1. The number of carbonyl (C=O) groups excluding carboxylic acids is 2. The van der Waals surface area contributed by atoms with Crippen LogP contribution in [-0.4, -0.2) is 36.3 Å². The maximum Gasteiger partial charge on any atom is 0.248 e. The number of fused-ring (bicyclic) bond motifs is 1. The predicted molar refractivity (Wildman–Crippen MR) is 85.4 cm³/mol. The quantitative estimate of drug-likeness (QED) is 0.830. The number of amides is 2. The van der Waals surface area contributed by atoms with E-state index < -0.39 is 5.91 Å². The molecule has 0 spiro atoms. The Morgan fingerprint density at radius 3 is 2.23 bits per heavy atom. The maximum atomic E-state index is 12.3. The van der Waals surface area contributed by atoms with E-state index in [2.05, 4.69) is 17.5 Å². The first-order valence-corrected chi connectivity index (χ1v) is 7.70. The van der Waals surface area contributed by atoms with Crippen molar-refractivity contribution in [3.05, 3.63) is 42.0 Å². The number of primary amides is 1. The predicted octanol–water partition coefficient (Wildman–Crippen LogP) is 1.62. The Morgan fingerprint density at radius 1 is 1.09 bits per heavy atom. The third-order valence-electron chi connectivity index (χ3n) is 4.59. The van der Waals surface area contributed by atoms with E-state index in [-0.39, 0.29) is 12.5 Å². The Bertz CT molecular complexity index is 578. The van der Waals surface area contributed by atoms with E-state index in [1.165, 1.54) is 0 Å². The molecule has 3 rings (SSSR count). The van der Waals surface area contributed by atoms with Crippen LogP contribution in [-0.2, 0) is 4.79 Å². The van der Waals surface area contributed by atoms with E-state index in [0.717, 1.165) is 31.6 Å². The number of hydrogen-bond acceptors (Lipinski definition) is 3. The number of carbonyl (C=O) groups is 2. The molecule has 2 atom stereocenters. The summed E-state index contributed by atoms with van der Waals surface area (Å²) in [7, 11) is 0. The number of hydrogen-bond donors (Lipinski definition) is 2. The van der Waals surface area contributed by atoms with Gasteiger partial charge in [-0.1, -0.05) is 12.2 Å². The largest absolute Gasteiger partial charge is 0.376 e. The van der Waals surface area contributed by atoms with Gasteiger partial charge in [0.25, 0.3) is 0 Å². The van der Waals surface area contributed by atoms with Gasteiger partial charge in [0.1, 0.15) is 0 Å². The number of nitrogens with zero attached hydrogens (tertiary/aromatic N) is 1. The minimum Gasteiger partial charge on any atom is -0.376 e. The molecule has 1 aliphatic heterocycles. The Hall–Kier alpha value is -2.30. The smallest absolute Gasteiger partial charge is 0.248 e. The average molecular weight is 299 g/mol. The molecular weight excluding hydrogens is 278 g/mol. The van der Waals surface area contributed by atoms with Gasteiger partial charge in [0.05, 0.1) is 6.54 Å². The lowest BCUT2D eigenvalue weighted by Crippen LogP contribution is -2.34. The molecule has 0 radical (unpaired) electrons. The highest BCUT2D eigenvalue weighted by molar-refractivity contribution is 5.93. The maximum absolute atomic E-state index is 12.3. The lowest BCUT2D eigenvalue weighted by molar-refractivity contribution is -0.128. The van der Waals surface area contributed by atoms with Crippen molar-refractivity contribution in [2.45, 2.75) is 12.8 Å². The lowest BCUT2D eigenvalue weighted by Gasteiger charge is -2.17. The molecule has 2 aliphatic rings. The molecule has 22 heavy (non-hydrogen) atoms. The highest BCUT2D eigenvalue weighted by atomic mass is 16.2. The van der Waals surface area contributed by atoms with Crippen molar-refractivity contribution in [2.75, 3.05) is 25.0 Å². The van der Waals surface area contributed by atoms with Crippen molar-refractivity contribution in [1.82, 2.24) is 4.90 Å². The van der Waals surface area contributed by atoms with Crippen LogP contribution < -0.4 is 11.1 Å². The van der Waals surface area contributed by atoms with E-state index in [9.17, 15) is 9.59 Å². The van der Waals surface area contributed by atoms with E-state index in [0.29, 0.717) is 17.4 Å². The minimum atomic E-state index is -0.448. The fourth-order valence-electron chi connectivity index (χ4n) is 3.26. The monoisotopic (exact) mass is 299 g/mol. The van der Waals surface area contributed by atoms with Gasteiger partial charge in [0, 0.05) is 24.3 Å². The molecule has 0 saturated carbocycles. The van der Waals surface area contributed by atoms with Crippen LogP contribution in [0.15, 0.2) is 36.4 Å². The first kappa shape index (κ1) is 14.6. The Labute approximate surface area is 130 Å². The molecule has 0 aromatic heterocycles. The van der Waals surface area contributed by atoms with Gasteiger partial charge in [-0.15, -0.1) is 0 Å². The molecule has 5 nitrogen and oxygen atoms in total. The van der Waals surface area contributed by atoms with Crippen molar-refractivity contribution in [3.63, 3.8) is 0 Å². The van der Waals surface area contributed by atoms with Gasteiger partial charge in [0.15, 0.2) is 0 Å². The fourth-order valence-corrected chi connectivity index (χ4v) is 3.26. The Morgan fingerprint density at radius 2 is 1.68 bits per heavy atom.